The van der Waals surface area contributed by atoms with Gasteiger partial charge in [0.2, 0.25) is 0 Å². The fraction of sp³-hybridized carbons (Fsp3) is 0.368. The zero-order valence-corrected chi connectivity index (χ0v) is 16.8. The molecular formula is C19H23ClN6O3. The minimum Gasteiger partial charge on any atom is -0.466 e. The zero-order valence-electron chi connectivity index (χ0n) is 16.0. The number of anilines is 3. The van der Waals surface area contributed by atoms with Crippen molar-refractivity contribution < 1.29 is 14.3 Å². The van der Waals surface area contributed by atoms with Gasteiger partial charge in [-0.3, -0.25) is 20.4 Å². The standard InChI is InChI=1S/C19H23ClN6O3/c1-2-29-19(28)12-7-9-26(10-8-12)17-15(21)16(22-11-23-17)24-25-18(27)13-5-3-4-6-14(13)20/h3-6,11-12H,2,7-10,21H2,1H3,(H,25,27)(H,22,23,24). The van der Waals surface area contributed by atoms with Crippen molar-refractivity contribution in [1.82, 2.24) is 15.4 Å². The second-order valence-electron chi connectivity index (χ2n) is 6.53. The molecule has 154 valence electrons. The molecule has 0 unspecified atom stereocenters. The molecule has 2 aromatic rings. The average Bonchev–Trinajstić information content (AvgIpc) is 2.73. The van der Waals surface area contributed by atoms with Crippen LogP contribution in [0.15, 0.2) is 30.6 Å². The van der Waals surface area contributed by atoms with Gasteiger partial charge in [0.15, 0.2) is 11.6 Å². The molecule has 0 bridgehead atoms. The quantitative estimate of drug-likeness (QED) is 0.482. The van der Waals surface area contributed by atoms with Gasteiger partial charge in [0.05, 0.1) is 23.1 Å². The van der Waals surface area contributed by atoms with Crippen molar-refractivity contribution in [3.8, 4) is 0 Å². The molecule has 1 aromatic carbocycles. The summed E-state index contributed by atoms with van der Waals surface area (Å²) in [6, 6.07) is 6.71. The highest BCUT2D eigenvalue weighted by molar-refractivity contribution is 6.33. The minimum atomic E-state index is -0.412. The molecule has 4 N–H and O–H groups in total. The number of halogens is 1. The van der Waals surface area contributed by atoms with Gasteiger partial charge in [-0.25, -0.2) is 9.97 Å². The molecule has 29 heavy (non-hydrogen) atoms. The number of carbonyl (C=O) groups excluding carboxylic acids is 2. The number of carbonyl (C=O) groups is 2. The van der Waals surface area contributed by atoms with Crippen molar-refractivity contribution in [2.24, 2.45) is 5.92 Å². The van der Waals surface area contributed by atoms with E-state index in [9.17, 15) is 9.59 Å². The van der Waals surface area contributed by atoms with Crippen LogP contribution in [0.4, 0.5) is 17.3 Å². The predicted molar refractivity (Wildman–Crippen MR) is 111 cm³/mol. The van der Waals surface area contributed by atoms with Crippen LogP contribution in [-0.2, 0) is 9.53 Å². The number of ether oxygens (including phenoxy) is 1. The number of aromatic nitrogens is 2. The van der Waals surface area contributed by atoms with Crippen LogP contribution in [0, 0.1) is 5.92 Å². The van der Waals surface area contributed by atoms with Crippen LogP contribution < -0.4 is 21.5 Å². The molecular weight excluding hydrogens is 396 g/mol. The Hall–Kier alpha value is -3.07. The lowest BCUT2D eigenvalue weighted by atomic mass is 9.97. The van der Waals surface area contributed by atoms with E-state index in [1.54, 1.807) is 31.2 Å². The van der Waals surface area contributed by atoms with Gasteiger partial charge >= 0.3 is 5.97 Å². The third kappa shape index (κ3) is 4.86. The van der Waals surface area contributed by atoms with E-state index >= 15 is 0 Å². The number of hydrogen-bond acceptors (Lipinski definition) is 8. The number of hydrogen-bond donors (Lipinski definition) is 3. The van der Waals surface area contributed by atoms with Crippen molar-refractivity contribution in [2.45, 2.75) is 19.8 Å². The summed E-state index contributed by atoms with van der Waals surface area (Å²) in [4.78, 5) is 34.6. The van der Waals surface area contributed by atoms with Gasteiger partial charge in [0.25, 0.3) is 5.91 Å². The van der Waals surface area contributed by atoms with Crippen LogP contribution in [0.5, 0.6) is 0 Å². The second-order valence-corrected chi connectivity index (χ2v) is 6.94. The number of nitrogens with two attached hydrogens (primary N) is 1. The first kappa shape index (κ1) is 20.7. The van der Waals surface area contributed by atoms with Crippen LogP contribution in [0.3, 0.4) is 0 Å². The Bertz CT molecular complexity index is 886. The summed E-state index contributed by atoms with van der Waals surface area (Å²) in [5.41, 5.74) is 12.1. The Morgan fingerprint density at radius 2 is 2.00 bits per heavy atom. The summed E-state index contributed by atoms with van der Waals surface area (Å²) in [5.74, 6) is 0.152. The van der Waals surface area contributed by atoms with E-state index in [1.165, 1.54) is 6.33 Å². The van der Waals surface area contributed by atoms with Crippen LogP contribution in [0.2, 0.25) is 5.02 Å². The fourth-order valence-electron chi connectivity index (χ4n) is 3.15. The van der Waals surface area contributed by atoms with E-state index < -0.39 is 5.91 Å². The summed E-state index contributed by atoms with van der Waals surface area (Å²) in [5, 5.41) is 0.340. The monoisotopic (exact) mass is 418 g/mol. The highest BCUT2D eigenvalue weighted by atomic mass is 35.5. The van der Waals surface area contributed by atoms with E-state index in [2.05, 4.69) is 20.8 Å². The van der Waals surface area contributed by atoms with E-state index in [0.717, 1.165) is 0 Å². The number of piperidine rings is 1. The molecule has 0 aliphatic carbocycles. The lowest BCUT2D eigenvalue weighted by Crippen LogP contribution is -2.38. The molecule has 0 radical (unpaired) electrons. The summed E-state index contributed by atoms with van der Waals surface area (Å²) >= 11 is 6.03. The molecule has 1 saturated heterocycles. The molecule has 10 heteroatoms. The normalized spacial score (nSPS) is 14.3. The van der Waals surface area contributed by atoms with Gasteiger partial charge in [0, 0.05) is 13.1 Å². The number of rotatable bonds is 6. The number of nitrogens with one attached hydrogen (secondary N) is 2. The van der Waals surface area contributed by atoms with E-state index in [-0.39, 0.29) is 17.7 Å². The van der Waals surface area contributed by atoms with Gasteiger partial charge in [-0.2, -0.15) is 0 Å². The Labute approximate surface area is 173 Å². The van der Waals surface area contributed by atoms with Crippen LogP contribution >= 0.6 is 11.6 Å². The SMILES string of the molecule is CCOC(=O)C1CCN(c2ncnc(NNC(=O)c3ccccc3Cl)c2N)CC1. The number of amides is 1. The Balaban J connectivity index is 1.64. The average molecular weight is 419 g/mol. The summed E-state index contributed by atoms with van der Waals surface area (Å²) in [6.45, 7) is 3.42. The van der Waals surface area contributed by atoms with Gasteiger partial charge in [-0.15, -0.1) is 0 Å². The molecule has 1 amide bonds. The lowest BCUT2D eigenvalue weighted by Gasteiger charge is -2.32. The molecule has 1 fully saturated rings. The van der Waals surface area contributed by atoms with Crippen LogP contribution in [-0.4, -0.2) is 41.5 Å². The molecule has 9 nitrogen and oxygen atoms in total. The van der Waals surface area contributed by atoms with Crippen molar-refractivity contribution in [3.05, 3.63) is 41.2 Å². The first-order valence-electron chi connectivity index (χ1n) is 9.34. The second kappa shape index (κ2) is 9.42. The van der Waals surface area contributed by atoms with Crippen LogP contribution in [0.25, 0.3) is 0 Å². The van der Waals surface area contributed by atoms with Gasteiger partial charge in [-0.05, 0) is 31.9 Å². The molecule has 2 heterocycles. The predicted octanol–water partition coefficient (Wildman–Crippen LogP) is 2.25. The number of benzene rings is 1. The van der Waals surface area contributed by atoms with Crippen molar-refractivity contribution in [3.63, 3.8) is 0 Å². The maximum atomic E-state index is 12.3. The number of nitrogen functional groups attached to an aromatic ring is 1. The van der Waals surface area contributed by atoms with Crippen molar-refractivity contribution >= 4 is 40.8 Å². The summed E-state index contributed by atoms with van der Waals surface area (Å²) in [6.07, 6.45) is 2.69. The highest BCUT2D eigenvalue weighted by Gasteiger charge is 2.28. The van der Waals surface area contributed by atoms with Gasteiger partial charge in [-0.1, -0.05) is 23.7 Å². The third-order valence-electron chi connectivity index (χ3n) is 4.69. The van der Waals surface area contributed by atoms with Crippen molar-refractivity contribution in [2.75, 3.05) is 35.8 Å². The highest BCUT2D eigenvalue weighted by Crippen LogP contribution is 2.29. The number of nitrogens with zero attached hydrogens (tertiary/aromatic N) is 3. The maximum Gasteiger partial charge on any atom is 0.309 e. The topological polar surface area (TPSA) is 122 Å². The molecule has 1 aromatic heterocycles. The maximum absolute atomic E-state index is 12.3. The molecule has 0 atom stereocenters. The summed E-state index contributed by atoms with van der Waals surface area (Å²) in [7, 11) is 0. The number of esters is 1. The first-order chi connectivity index (χ1) is 14.0. The molecule has 3 rings (SSSR count). The van der Waals surface area contributed by atoms with Crippen LogP contribution in [0.1, 0.15) is 30.1 Å². The Morgan fingerprint density at radius 3 is 2.69 bits per heavy atom. The van der Waals surface area contributed by atoms with Gasteiger partial charge < -0.3 is 15.4 Å². The van der Waals surface area contributed by atoms with E-state index in [0.29, 0.717) is 54.6 Å². The largest absolute Gasteiger partial charge is 0.466 e. The molecule has 1 aliphatic rings. The molecule has 0 spiro atoms. The smallest absolute Gasteiger partial charge is 0.309 e. The Kier molecular flexibility index (Phi) is 6.71. The molecule has 0 saturated carbocycles. The van der Waals surface area contributed by atoms with Crippen molar-refractivity contribution in [1.29, 1.82) is 0 Å². The van der Waals surface area contributed by atoms with E-state index in [4.69, 9.17) is 22.1 Å². The zero-order chi connectivity index (χ0) is 20.8. The number of hydrazine groups is 1. The van der Waals surface area contributed by atoms with Gasteiger partial charge in [0.1, 0.15) is 12.0 Å². The Morgan fingerprint density at radius 1 is 1.28 bits per heavy atom. The minimum absolute atomic E-state index is 0.109. The van der Waals surface area contributed by atoms with E-state index in [1.807, 2.05) is 4.90 Å². The first-order valence-corrected chi connectivity index (χ1v) is 9.72. The third-order valence-corrected chi connectivity index (χ3v) is 5.02. The summed E-state index contributed by atoms with van der Waals surface area (Å²) < 4.78 is 5.10. The lowest BCUT2D eigenvalue weighted by molar-refractivity contribution is -0.148. The fourth-order valence-corrected chi connectivity index (χ4v) is 3.38. The molecule has 1 aliphatic heterocycles.